The number of nitrogens with one attached hydrogen (secondary N) is 1. The molecular weight excluding hydrogens is 182 g/mol. The van der Waals surface area contributed by atoms with Crippen LogP contribution in [0.4, 0.5) is 0 Å². The van der Waals surface area contributed by atoms with Crippen molar-refractivity contribution in [3.63, 3.8) is 0 Å². The van der Waals surface area contributed by atoms with Crippen LogP contribution in [0.2, 0.25) is 0 Å². The Morgan fingerprint density at radius 1 is 1.69 bits per heavy atom. The number of thiazole rings is 1. The van der Waals surface area contributed by atoms with E-state index in [2.05, 4.69) is 17.2 Å². The standard InChI is InChI=1S/C9H17N3S/c1-7(8-11-4-5-13-8)12-6-9(2,3)10/h4-5,7,12H,6,10H2,1-3H3. The molecule has 3 N–H and O–H groups in total. The summed E-state index contributed by atoms with van der Waals surface area (Å²) in [7, 11) is 0. The first-order valence-electron chi connectivity index (χ1n) is 4.41. The van der Waals surface area contributed by atoms with Gasteiger partial charge >= 0.3 is 0 Å². The summed E-state index contributed by atoms with van der Waals surface area (Å²) in [5, 5.41) is 6.45. The molecule has 1 rings (SSSR count). The molecule has 4 heteroatoms. The Morgan fingerprint density at radius 3 is 2.85 bits per heavy atom. The Kier molecular flexibility index (Phi) is 3.41. The molecule has 0 bridgehead atoms. The molecule has 1 heterocycles. The maximum absolute atomic E-state index is 5.86. The fraction of sp³-hybridized carbons (Fsp3) is 0.667. The summed E-state index contributed by atoms with van der Waals surface area (Å²) in [6, 6.07) is 0.294. The third-order valence-electron chi connectivity index (χ3n) is 1.69. The molecule has 0 amide bonds. The Labute approximate surface area is 83.4 Å². The molecule has 0 spiro atoms. The van der Waals surface area contributed by atoms with E-state index in [0.29, 0.717) is 6.04 Å². The number of aromatic nitrogens is 1. The highest BCUT2D eigenvalue weighted by Gasteiger charge is 2.13. The molecule has 0 aliphatic carbocycles. The zero-order valence-electron chi connectivity index (χ0n) is 8.37. The van der Waals surface area contributed by atoms with Gasteiger partial charge in [0.25, 0.3) is 0 Å². The van der Waals surface area contributed by atoms with Crippen molar-refractivity contribution in [2.24, 2.45) is 5.73 Å². The molecular formula is C9H17N3S. The zero-order chi connectivity index (χ0) is 9.90. The van der Waals surface area contributed by atoms with Crippen LogP contribution in [0.1, 0.15) is 31.8 Å². The zero-order valence-corrected chi connectivity index (χ0v) is 9.19. The second-order valence-electron chi connectivity index (χ2n) is 3.96. The van der Waals surface area contributed by atoms with E-state index < -0.39 is 0 Å². The number of hydrogen-bond acceptors (Lipinski definition) is 4. The third kappa shape index (κ3) is 3.85. The summed E-state index contributed by atoms with van der Waals surface area (Å²) in [6.45, 7) is 6.92. The average Bonchev–Trinajstić information content (AvgIpc) is 2.50. The van der Waals surface area contributed by atoms with Gasteiger partial charge in [0, 0.05) is 23.7 Å². The lowest BCUT2D eigenvalue weighted by Crippen LogP contribution is -2.43. The van der Waals surface area contributed by atoms with Crippen LogP contribution in [0.5, 0.6) is 0 Å². The average molecular weight is 199 g/mol. The van der Waals surface area contributed by atoms with Crippen molar-refractivity contribution in [1.82, 2.24) is 10.3 Å². The molecule has 0 aliphatic rings. The van der Waals surface area contributed by atoms with E-state index in [9.17, 15) is 0 Å². The Morgan fingerprint density at radius 2 is 2.38 bits per heavy atom. The van der Waals surface area contributed by atoms with Gasteiger partial charge in [-0.1, -0.05) is 0 Å². The molecule has 74 valence electrons. The van der Waals surface area contributed by atoms with Gasteiger partial charge in [0.05, 0.1) is 6.04 Å². The van der Waals surface area contributed by atoms with E-state index >= 15 is 0 Å². The number of nitrogens with zero attached hydrogens (tertiary/aromatic N) is 1. The lowest BCUT2D eigenvalue weighted by Gasteiger charge is -2.21. The van der Waals surface area contributed by atoms with E-state index in [-0.39, 0.29) is 5.54 Å². The fourth-order valence-corrected chi connectivity index (χ4v) is 1.62. The van der Waals surface area contributed by atoms with Crippen LogP contribution in [-0.2, 0) is 0 Å². The molecule has 0 saturated carbocycles. The lowest BCUT2D eigenvalue weighted by molar-refractivity contribution is 0.434. The molecule has 3 nitrogen and oxygen atoms in total. The van der Waals surface area contributed by atoms with E-state index in [1.807, 2.05) is 25.4 Å². The number of rotatable bonds is 4. The lowest BCUT2D eigenvalue weighted by atomic mass is 10.1. The Hall–Kier alpha value is -0.450. The van der Waals surface area contributed by atoms with Crippen LogP contribution >= 0.6 is 11.3 Å². The summed E-state index contributed by atoms with van der Waals surface area (Å²) in [5.74, 6) is 0. The molecule has 0 aromatic carbocycles. The van der Waals surface area contributed by atoms with Crippen LogP contribution in [0, 0.1) is 0 Å². The van der Waals surface area contributed by atoms with Crippen LogP contribution in [0.3, 0.4) is 0 Å². The maximum atomic E-state index is 5.86. The fourth-order valence-electron chi connectivity index (χ4n) is 0.952. The summed E-state index contributed by atoms with van der Waals surface area (Å²) in [4.78, 5) is 4.23. The smallest absolute Gasteiger partial charge is 0.109 e. The molecule has 0 aliphatic heterocycles. The van der Waals surface area contributed by atoms with Crippen molar-refractivity contribution in [2.45, 2.75) is 32.4 Å². The maximum Gasteiger partial charge on any atom is 0.109 e. The van der Waals surface area contributed by atoms with Gasteiger partial charge in [0.1, 0.15) is 5.01 Å². The molecule has 0 saturated heterocycles. The Balaban J connectivity index is 2.39. The van der Waals surface area contributed by atoms with Gasteiger partial charge in [-0.2, -0.15) is 0 Å². The van der Waals surface area contributed by atoms with Crippen LogP contribution < -0.4 is 11.1 Å². The van der Waals surface area contributed by atoms with Crippen molar-refractivity contribution < 1.29 is 0 Å². The van der Waals surface area contributed by atoms with Crippen LogP contribution in [-0.4, -0.2) is 17.1 Å². The summed E-state index contributed by atoms with van der Waals surface area (Å²) in [5.41, 5.74) is 5.70. The second-order valence-corrected chi connectivity index (χ2v) is 4.89. The second kappa shape index (κ2) is 4.17. The number of nitrogens with two attached hydrogens (primary N) is 1. The summed E-state index contributed by atoms with van der Waals surface area (Å²) < 4.78 is 0. The van der Waals surface area contributed by atoms with Gasteiger partial charge < -0.3 is 11.1 Å². The summed E-state index contributed by atoms with van der Waals surface area (Å²) in [6.07, 6.45) is 1.83. The molecule has 1 aromatic rings. The molecule has 1 unspecified atom stereocenters. The first kappa shape index (κ1) is 10.6. The van der Waals surface area contributed by atoms with Crippen molar-refractivity contribution in [1.29, 1.82) is 0 Å². The minimum atomic E-state index is -0.161. The predicted octanol–water partition coefficient (Wildman–Crippen LogP) is 1.53. The van der Waals surface area contributed by atoms with Gasteiger partial charge in [-0.25, -0.2) is 4.98 Å². The number of hydrogen-bond donors (Lipinski definition) is 2. The van der Waals surface area contributed by atoms with Gasteiger partial charge in [0.15, 0.2) is 0 Å². The minimum Gasteiger partial charge on any atom is -0.324 e. The van der Waals surface area contributed by atoms with Crippen molar-refractivity contribution in [2.75, 3.05) is 6.54 Å². The highest BCUT2D eigenvalue weighted by atomic mass is 32.1. The minimum absolute atomic E-state index is 0.161. The van der Waals surface area contributed by atoms with E-state index in [4.69, 9.17) is 5.73 Å². The quantitative estimate of drug-likeness (QED) is 0.773. The van der Waals surface area contributed by atoms with Gasteiger partial charge in [-0.15, -0.1) is 11.3 Å². The Bertz CT molecular complexity index is 238. The highest BCUT2D eigenvalue weighted by Crippen LogP contribution is 2.14. The normalized spacial score (nSPS) is 14.5. The topological polar surface area (TPSA) is 50.9 Å². The third-order valence-corrected chi connectivity index (χ3v) is 2.64. The molecule has 0 fully saturated rings. The van der Waals surface area contributed by atoms with Gasteiger partial charge in [-0.3, -0.25) is 0 Å². The van der Waals surface area contributed by atoms with Crippen molar-refractivity contribution >= 4 is 11.3 Å². The van der Waals surface area contributed by atoms with Crippen molar-refractivity contribution in [3.8, 4) is 0 Å². The SMILES string of the molecule is CC(NCC(C)(C)N)c1nccs1. The molecule has 13 heavy (non-hydrogen) atoms. The first-order valence-corrected chi connectivity index (χ1v) is 5.29. The predicted molar refractivity (Wildman–Crippen MR) is 56.8 cm³/mol. The van der Waals surface area contributed by atoms with Gasteiger partial charge in [-0.05, 0) is 20.8 Å². The van der Waals surface area contributed by atoms with E-state index in [1.165, 1.54) is 0 Å². The van der Waals surface area contributed by atoms with E-state index in [1.54, 1.807) is 11.3 Å². The first-order chi connectivity index (χ1) is 5.99. The van der Waals surface area contributed by atoms with Crippen LogP contribution in [0.15, 0.2) is 11.6 Å². The summed E-state index contributed by atoms with van der Waals surface area (Å²) >= 11 is 1.67. The molecule has 0 radical (unpaired) electrons. The monoisotopic (exact) mass is 199 g/mol. The highest BCUT2D eigenvalue weighted by molar-refractivity contribution is 7.09. The van der Waals surface area contributed by atoms with Gasteiger partial charge in [0.2, 0.25) is 0 Å². The van der Waals surface area contributed by atoms with E-state index in [0.717, 1.165) is 11.6 Å². The van der Waals surface area contributed by atoms with Crippen LogP contribution in [0.25, 0.3) is 0 Å². The molecule has 1 aromatic heterocycles. The largest absolute Gasteiger partial charge is 0.324 e. The van der Waals surface area contributed by atoms with Crippen molar-refractivity contribution in [3.05, 3.63) is 16.6 Å². The molecule has 1 atom stereocenters.